The van der Waals surface area contributed by atoms with Crippen LogP contribution in [0.15, 0.2) is 48.5 Å². The Hall–Kier alpha value is -3.19. The number of alkyl carbamates (subject to hydrolysis) is 1. The highest BCUT2D eigenvalue weighted by Crippen LogP contribution is 2.24. The van der Waals surface area contributed by atoms with Gasteiger partial charge in [-0.2, -0.15) is 0 Å². The molecule has 0 radical (unpaired) electrons. The fourth-order valence-electron chi connectivity index (χ4n) is 3.37. The summed E-state index contributed by atoms with van der Waals surface area (Å²) in [7, 11) is 0. The minimum atomic E-state index is -0.530. The summed E-state index contributed by atoms with van der Waals surface area (Å²) in [4.78, 5) is 24.2. The lowest BCUT2D eigenvalue weighted by Gasteiger charge is -2.19. The number of nitrogens with one attached hydrogen (secondary N) is 3. The molecule has 0 unspecified atom stereocenters. The van der Waals surface area contributed by atoms with Crippen molar-refractivity contribution in [3.63, 3.8) is 0 Å². The van der Waals surface area contributed by atoms with Gasteiger partial charge >= 0.3 is 6.09 Å². The van der Waals surface area contributed by atoms with Gasteiger partial charge in [-0.15, -0.1) is 0 Å². The predicted octanol–water partition coefficient (Wildman–Crippen LogP) is 4.52. The molecule has 3 N–H and O–H groups in total. The zero-order valence-electron chi connectivity index (χ0n) is 18.8. The van der Waals surface area contributed by atoms with Gasteiger partial charge in [0.15, 0.2) is 0 Å². The van der Waals surface area contributed by atoms with E-state index in [9.17, 15) is 14.0 Å². The van der Waals surface area contributed by atoms with Crippen molar-refractivity contribution in [2.24, 2.45) is 0 Å². The molecular weight excluding hydrogens is 409 g/mol. The molecule has 1 aliphatic rings. The van der Waals surface area contributed by atoms with Crippen molar-refractivity contribution >= 4 is 23.3 Å². The highest BCUT2D eigenvalue weighted by Gasteiger charge is 2.16. The number of rotatable bonds is 6. The van der Waals surface area contributed by atoms with Crippen molar-refractivity contribution in [2.75, 3.05) is 25.0 Å². The number of anilines is 1. The molecule has 3 rings (SSSR count). The average molecular weight is 440 g/mol. The van der Waals surface area contributed by atoms with E-state index < -0.39 is 17.5 Å². The average Bonchev–Trinajstić information content (AvgIpc) is 2.74. The maximum absolute atomic E-state index is 14.6. The maximum Gasteiger partial charge on any atom is 0.407 e. The van der Waals surface area contributed by atoms with Crippen LogP contribution in [0, 0.1) is 5.82 Å². The van der Waals surface area contributed by atoms with Crippen molar-refractivity contribution < 1.29 is 18.7 Å². The van der Waals surface area contributed by atoms with Gasteiger partial charge in [-0.3, -0.25) is 4.79 Å². The minimum absolute atomic E-state index is 0.270. The Bertz CT molecular complexity index is 994. The van der Waals surface area contributed by atoms with Crippen LogP contribution in [0.25, 0.3) is 5.57 Å². The van der Waals surface area contributed by atoms with Gasteiger partial charge in [0.2, 0.25) is 0 Å². The lowest BCUT2D eigenvalue weighted by atomic mass is 9.98. The molecule has 7 heteroatoms. The van der Waals surface area contributed by atoms with Gasteiger partial charge in [0, 0.05) is 29.9 Å². The Morgan fingerprint density at radius 1 is 1.12 bits per heavy atom. The molecule has 170 valence electrons. The molecule has 0 fully saturated rings. The van der Waals surface area contributed by atoms with E-state index in [-0.39, 0.29) is 11.5 Å². The van der Waals surface area contributed by atoms with Crippen LogP contribution in [-0.2, 0) is 11.2 Å². The van der Waals surface area contributed by atoms with Crippen LogP contribution >= 0.6 is 0 Å². The van der Waals surface area contributed by atoms with Crippen LogP contribution in [0.5, 0.6) is 0 Å². The van der Waals surface area contributed by atoms with E-state index in [1.165, 1.54) is 6.07 Å². The number of hydrogen-bond acceptors (Lipinski definition) is 4. The van der Waals surface area contributed by atoms with Crippen molar-refractivity contribution in [1.82, 2.24) is 10.6 Å². The molecule has 2 amide bonds. The molecule has 0 saturated heterocycles. The molecule has 32 heavy (non-hydrogen) atoms. The summed E-state index contributed by atoms with van der Waals surface area (Å²) >= 11 is 0. The van der Waals surface area contributed by atoms with E-state index in [1.54, 1.807) is 24.3 Å². The van der Waals surface area contributed by atoms with E-state index in [4.69, 9.17) is 4.74 Å². The van der Waals surface area contributed by atoms with Gasteiger partial charge in [-0.25, -0.2) is 9.18 Å². The molecular formula is C25H30FN3O3. The van der Waals surface area contributed by atoms with Gasteiger partial charge < -0.3 is 20.7 Å². The van der Waals surface area contributed by atoms with Gasteiger partial charge in [0.05, 0.1) is 0 Å². The first kappa shape index (κ1) is 23.5. The number of benzene rings is 2. The van der Waals surface area contributed by atoms with Gasteiger partial charge in [0.1, 0.15) is 11.4 Å². The van der Waals surface area contributed by atoms with Crippen molar-refractivity contribution in [3.8, 4) is 0 Å². The molecule has 6 nitrogen and oxygen atoms in total. The van der Waals surface area contributed by atoms with Gasteiger partial charge in [-0.1, -0.05) is 24.3 Å². The van der Waals surface area contributed by atoms with Crippen molar-refractivity contribution in [1.29, 1.82) is 0 Å². The highest BCUT2D eigenvalue weighted by molar-refractivity contribution is 6.04. The highest BCUT2D eigenvalue weighted by atomic mass is 19.1. The first-order chi connectivity index (χ1) is 15.2. The van der Waals surface area contributed by atoms with Crippen LogP contribution in [0.1, 0.15) is 48.7 Å². The molecule has 1 heterocycles. The summed E-state index contributed by atoms with van der Waals surface area (Å²) in [5.41, 5.74) is 2.87. The molecule has 2 aromatic carbocycles. The molecule has 0 bridgehead atoms. The summed E-state index contributed by atoms with van der Waals surface area (Å²) in [6.45, 7) is 7.43. The largest absolute Gasteiger partial charge is 0.444 e. The van der Waals surface area contributed by atoms with E-state index in [2.05, 4.69) is 16.0 Å². The topological polar surface area (TPSA) is 79.5 Å². The van der Waals surface area contributed by atoms with Crippen LogP contribution < -0.4 is 16.0 Å². The lowest BCUT2D eigenvalue weighted by Crippen LogP contribution is -2.33. The molecule has 0 atom stereocenters. The summed E-state index contributed by atoms with van der Waals surface area (Å²) in [6, 6.07) is 11.9. The first-order valence-corrected chi connectivity index (χ1v) is 10.8. The Morgan fingerprint density at radius 2 is 1.88 bits per heavy atom. The second kappa shape index (κ2) is 10.4. The molecule has 0 saturated carbocycles. The predicted molar refractivity (Wildman–Crippen MR) is 124 cm³/mol. The quantitative estimate of drug-likeness (QED) is 0.618. The Labute approximate surface area is 188 Å². The van der Waals surface area contributed by atoms with Crippen LogP contribution in [0.4, 0.5) is 14.9 Å². The number of halogens is 1. The summed E-state index contributed by atoms with van der Waals surface area (Å²) < 4.78 is 19.8. The Kier molecular flexibility index (Phi) is 7.64. The number of amides is 2. The number of carbonyl (C=O) groups is 2. The zero-order chi connectivity index (χ0) is 23.1. The minimum Gasteiger partial charge on any atom is -0.444 e. The molecule has 0 aliphatic carbocycles. The smallest absolute Gasteiger partial charge is 0.407 e. The lowest BCUT2D eigenvalue weighted by molar-refractivity contribution is 0.0528. The SMILES string of the molecule is CC(C)(C)OC(=O)NCCc1ccc(NC(=O)c2ccc(C3=CCNCC3)c(F)c2)cc1. The normalized spacial score (nSPS) is 13.8. The third-order valence-corrected chi connectivity index (χ3v) is 4.93. The monoisotopic (exact) mass is 439 g/mol. The van der Waals surface area contributed by atoms with Crippen LogP contribution in [0.3, 0.4) is 0 Å². The summed E-state index contributed by atoms with van der Waals surface area (Å²) in [6.07, 6.45) is 2.93. The van der Waals surface area contributed by atoms with Crippen LogP contribution in [-0.4, -0.2) is 37.2 Å². The van der Waals surface area contributed by atoms with E-state index in [0.29, 0.717) is 24.2 Å². The first-order valence-electron chi connectivity index (χ1n) is 10.8. The third kappa shape index (κ3) is 6.92. The standard InChI is InChI=1S/C25H30FN3O3/c1-25(2,3)32-24(31)28-15-10-17-4-7-20(8-5-17)29-23(30)19-6-9-21(22(26)16-19)18-11-13-27-14-12-18/h4-9,11,16,27H,10,12-15H2,1-3H3,(H,28,31)(H,29,30). The van der Waals surface area contributed by atoms with Crippen LogP contribution in [0.2, 0.25) is 0 Å². The maximum atomic E-state index is 14.6. The van der Waals surface area contributed by atoms with E-state index in [1.807, 2.05) is 39.0 Å². The zero-order valence-corrected chi connectivity index (χ0v) is 18.8. The van der Waals surface area contributed by atoms with Gasteiger partial charge in [-0.05, 0) is 75.6 Å². The molecule has 0 aromatic heterocycles. The van der Waals surface area contributed by atoms with E-state index >= 15 is 0 Å². The molecule has 0 spiro atoms. The summed E-state index contributed by atoms with van der Waals surface area (Å²) in [5, 5.41) is 8.71. The van der Waals surface area contributed by atoms with Gasteiger partial charge in [0.25, 0.3) is 5.91 Å². The molecule has 2 aromatic rings. The fraction of sp³-hybridized carbons (Fsp3) is 0.360. The Balaban J connectivity index is 1.53. The molecule has 1 aliphatic heterocycles. The second-order valence-corrected chi connectivity index (χ2v) is 8.71. The van der Waals surface area contributed by atoms with Crippen molar-refractivity contribution in [2.45, 2.75) is 39.2 Å². The summed E-state index contributed by atoms with van der Waals surface area (Å²) in [5.74, 6) is -0.757. The van der Waals surface area contributed by atoms with E-state index in [0.717, 1.165) is 30.6 Å². The number of carbonyl (C=O) groups excluding carboxylic acids is 2. The van der Waals surface area contributed by atoms with Crippen molar-refractivity contribution in [3.05, 3.63) is 71.0 Å². The third-order valence-electron chi connectivity index (χ3n) is 4.93. The fourth-order valence-corrected chi connectivity index (χ4v) is 3.37. The second-order valence-electron chi connectivity index (χ2n) is 8.71. The number of ether oxygens (including phenoxy) is 1. The number of hydrogen-bond donors (Lipinski definition) is 3. The Morgan fingerprint density at radius 3 is 2.50 bits per heavy atom.